The third-order valence-electron chi connectivity index (χ3n) is 3.24. The number of nitrogens with zero attached hydrogens (tertiary/aromatic N) is 2. The number of hydrogen-bond donors (Lipinski definition) is 0. The van der Waals surface area contributed by atoms with Crippen molar-refractivity contribution in [1.82, 2.24) is 0 Å². The Morgan fingerprint density at radius 2 is 1.86 bits per heavy atom. The Morgan fingerprint density at radius 3 is 2.50 bits per heavy atom. The van der Waals surface area contributed by atoms with Crippen LogP contribution in [0, 0.1) is 10.1 Å². The number of carbonyl (C=O) groups excluding carboxylic acids is 2. The number of amides is 2. The fourth-order valence-electron chi connectivity index (χ4n) is 2.30. The first-order valence-corrected chi connectivity index (χ1v) is 7.20. The minimum absolute atomic E-state index is 0.00168. The first kappa shape index (κ1) is 14.7. The summed E-state index contributed by atoms with van der Waals surface area (Å²) in [7, 11) is 0. The lowest BCUT2D eigenvalue weighted by atomic mass is 10.1. The van der Waals surface area contributed by atoms with Crippen LogP contribution in [0.15, 0.2) is 40.9 Å². The number of carbonyl (C=O) groups is 2. The molecule has 0 saturated heterocycles. The van der Waals surface area contributed by atoms with E-state index in [0.717, 1.165) is 4.90 Å². The second-order valence-corrected chi connectivity index (χ2v) is 5.82. The molecule has 0 radical (unpaired) electrons. The maximum atomic E-state index is 12.5. The summed E-state index contributed by atoms with van der Waals surface area (Å²) in [5.74, 6) is -1.38. The summed E-state index contributed by atoms with van der Waals surface area (Å²) < 4.78 is 0.684. The number of benzene rings is 2. The second kappa shape index (κ2) is 5.19. The SMILES string of the molecule is O=C1c2cccc([N+](=O)[O-])c2C(=O)N1c1ccc(Br)cc1Cl. The lowest BCUT2D eigenvalue weighted by molar-refractivity contribution is -0.385. The Morgan fingerprint density at radius 1 is 1.14 bits per heavy atom. The lowest BCUT2D eigenvalue weighted by Gasteiger charge is -2.15. The molecule has 8 heteroatoms. The Hall–Kier alpha value is -2.25. The molecular weight excluding hydrogens is 376 g/mol. The van der Waals surface area contributed by atoms with Crippen LogP contribution < -0.4 is 4.90 Å². The van der Waals surface area contributed by atoms with Gasteiger partial charge >= 0.3 is 0 Å². The van der Waals surface area contributed by atoms with Crippen LogP contribution in [-0.2, 0) is 0 Å². The molecule has 0 aromatic heterocycles. The van der Waals surface area contributed by atoms with E-state index in [4.69, 9.17) is 11.6 Å². The van der Waals surface area contributed by atoms with Crippen LogP contribution in [0.5, 0.6) is 0 Å². The fraction of sp³-hybridized carbons (Fsp3) is 0. The number of hydrogen-bond acceptors (Lipinski definition) is 4. The van der Waals surface area contributed by atoms with E-state index in [1.807, 2.05) is 0 Å². The quantitative estimate of drug-likeness (QED) is 0.450. The highest BCUT2D eigenvalue weighted by atomic mass is 79.9. The number of anilines is 1. The molecule has 22 heavy (non-hydrogen) atoms. The van der Waals surface area contributed by atoms with Gasteiger partial charge < -0.3 is 0 Å². The van der Waals surface area contributed by atoms with E-state index < -0.39 is 22.4 Å². The van der Waals surface area contributed by atoms with Crippen LogP contribution in [0.1, 0.15) is 20.7 Å². The van der Waals surface area contributed by atoms with Gasteiger partial charge in [0.15, 0.2) is 0 Å². The van der Waals surface area contributed by atoms with Gasteiger partial charge in [0, 0.05) is 10.5 Å². The van der Waals surface area contributed by atoms with Crippen LogP contribution in [0.3, 0.4) is 0 Å². The van der Waals surface area contributed by atoms with Crippen LogP contribution in [0.25, 0.3) is 0 Å². The molecule has 1 aliphatic rings. The van der Waals surface area contributed by atoms with E-state index >= 15 is 0 Å². The third-order valence-corrected chi connectivity index (χ3v) is 4.04. The monoisotopic (exact) mass is 380 g/mol. The van der Waals surface area contributed by atoms with Gasteiger partial charge in [-0.1, -0.05) is 33.6 Å². The summed E-state index contributed by atoms with van der Waals surface area (Å²) in [5, 5.41) is 11.2. The van der Waals surface area contributed by atoms with Gasteiger partial charge in [-0.2, -0.15) is 0 Å². The highest BCUT2D eigenvalue weighted by molar-refractivity contribution is 9.10. The van der Waals surface area contributed by atoms with Crippen LogP contribution >= 0.6 is 27.5 Å². The van der Waals surface area contributed by atoms with Crippen molar-refractivity contribution in [2.24, 2.45) is 0 Å². The van der Waals surface area contributed by atoms with Gasteiger partial charge in [0.25, 0.3) is 17.5 Å². The summed E-state index contributed by atoms with van der Waals surface area (Å²) in [6, 6.07) is 8.61. The number of nitro groups is 1. The first-order chi connectivity index (χ1) is 10.4. The number of imide groups is 1. The van der Waals surface area contributed by atoms with E-state index in [2.05, 4.69) is 15.9 Å². The summed E-state index contributed by atoms with van der Waals surface area (Å²) in [6.45, 7) is 0. The summed E-state index contributed by atoms with van der Waals surface area (Å²) in [5.41, 5.74) is -0.424. The normalized spacial score (nSPS) is 13.5. The standard InChI is InChI=1S/C14H6BrClN2O4/c15-7-4-5-10(9(16)6-7)17-13(19)8-2-1-3-11(18(21)22)12(8)14(17)20/h1-6H. The molecule has 1 aliphatic heterocycles. The highest BCUT2D eigenvalue weighted by Gasteiger charge is 2.42. The summed E-state index contributed by atoms with van der Waals surface area (Å²) in [6.07, 6.45) is 0. The van der Waals surface area contributed by atoms with Gasteiger partial charge in [0.1, 0.15) is 5.56 Å². The Labute approximate surface area is 137 Å². The zero-order chi connectivity index (χ0) is 16.0. The van der Waals surface area contributed by atoms with Crippen molar-refractivity contribution in [2.45, 2.75) is 0 Å². The highest BCUT2D eigenvalue weighted by Crippen LogP contribution is 2.37. The number of fused-ring (bicyclic) bond motifs is 1. The molecule has 0 aliphatic carbocycles. The van der Waals surface area contributed by atoms with Crippen molar-refractivity contribution in [3.63, 3.8) is 0 Å². The molecule has 2 aromatic carbocycles. The zero-order valence-electron chi connectivity index (χ0n) is 10.7. The molecule has 0 saturated carbocycles. The topological polar surface area (TPSA) is 80.5 Å². The molecule has 0 unspecified atom stereocenters. The first-order valence-electron chi connectivity index (χ1n) is 6.03. The fourth-order valence-corrected chi connectivity index (χ4v) is 3.06. The number of halogens is 2. The van der Waals surface area contributed by atoms with E-state index in [-0.39, 0.29) is 21.8 Å². The molecule has 0 spiro atoms. The maximum absolute atomic E-state index is 12.5. The Bertz CT molecular complexity index is 853. The molecule has 2 amide bonds. The van der Waals surface area contributed by atoms with E-state index in [0.29, 0.717) is 4.47 Å². The maximum Gasteiger partial charge on any atom is 0.283 e. The molecule has 1 heterocycles. The van der Waals surface area contributed by atoms with Crippen molar-refractivity contribution in [2.75, 3.05) is 4.90 Å². The summed E-state index contributed by atoms with van der Waals surface area (Å²) in [4.78, 5) is 36.2. The molecule has 110 valence electrons. The molecule has 0 fully saturated rings. The van der Waals surface area contributed by atoms with Gasteiger partial charge in [-0.15, -0.1) is 0 Å². The Balaban J connectivity index is 2.19. The molecule has 0 bridgehead atoms. The van der Waals surface area contributed by atoms with Gasteiger partial charge in [0.05, 0.1) is 21.2 Å². The predicted molar refractivity (Wildman–Crippen MR) is 83.4 cm³/mol. The van der Waals surface area contributed by atoms with Gasteiger partial charge in [0.2, 0.25) is 0 Å². The molecule has 3 rings (SSSR count). The number of rotatable bonds is 2. The second-order valence-electron chi connectivity index (χ2n) is 4.50. The van der Waals surface area contributed by atoms with Crippen LogP contribution in [-0.4, -0.2) is 16.7 Å². The van der Waals surface area contributed by atoms with E-state index in [1.54, 1.807) is 6.07 Å². The largest absolute Gasteiger partial charge is 0.283 e. The number of nitro benzene ring substituents is 1. The van der Waals surface area contributed by atoms with Crippen molar-refractivity contribution in [1.29, 1.82) is 0 Å². The van der Waals surface area contributed by atoms with E-state index in [9.17, 15) is 19.7 Å². The van der Waals surface area contributed by atoms with E-state index in [1.165, 1.54) is 30.3 Å². The summed E-state index contributed by atoms with van der Waals surface area (Å²) >= 11 is 9.31. The Kier molecular flexibility index (Phi) is 3.46. The van der Waals surface area contributed by atoms with Crippen molar-refractivity contribution in [3.8, 4) is 0 Å². The van der Waals surface area contributed by atoms with Crippen molar-refractivity contribution < 1.29 is 14.5 Å². The van der Waals surface area contributed by atoms with Gasteiger partial charge in [-0.3, -0.25) is 19.7 Å². The average molecular weight is 382 g/mol. The molecule has 0 atom stereocenters. The predicted octanol–water partition coefficient (Wildman–Crippen LogP) is 3.81. The molecule has 6 nitrogen and oxygen atoms in total. The molecular formula is C14H6BrClN2O4. The minimum atomic E-state index is -0.753. The van der Waals surface area contributed by atoms with Crippen molar-refractivity contribution in [3.05, 3.63) is 67.1 Å². The smallest absolute Gasteiger partial charge is 0.268 e. The lowest BCUT2D eigenvalue weighted by Crippen LogP contribution is -2.29. The van der Waals surface area contributed by atoms with Gasteiger partial charge in [-0.25, -0.2) is 4.90 Å². The van der Waals surface area contributed by atoms with Crippen LogP contribution in [0.2, 0.25) is 5.02 Å². The minimum Gasteiger partial charge on any atom is -0.268 e. The van der Waals surface area contributed by atoms with Crippen LogP contribution in [0.4, 0.5) is 11.4 Å². The van der Waals surface area contributed by atoms with Gasteiger partial charge in [-0.05, 0) is 24.3 Å². The average Bonchev–Trinajstić information content (AvgIpc) is 2.72. The molecule has 2 aromatic rings. The molecule has 0 N–H and O–H groups in total. The zero-order valence-corrected chi connectivity index (χ0v) is 13.1. The third kappa shape index (κ3) is 2.10. The van der Waals surface area contributed by atoms with Crippen molar-refractivity contribution >= 4 is 50.7 Å².